The van der Waals surface area contributed by atoms with Crippen LogP contribution in [0.15, 0.2) is 65.6 Å². The number of aromatic nitrogens is 1. The van der Waals surface area contributed by atoms with E-state index in [-0.39, 0.29) is 25.3 Å². The first kappa shape index (κ1) is 41.4. The number of carboxylic acid groups (broad SMARTS) is 2. The Labute approximate surface area is 303 Å². The van der Waals surface area contributed by atoms with Gasteiger partial charge in [0.2, 0.25) is 0 Å². The smallest absolute Gasteiger partial charge is 0.317 e. The standard InChI is InChI=1S/C33H44N2O4S.C6H11NO4/c1-6-8-19-33(20-9-7-2)23-40(37,38)30-18-15-27(35(4)5)21-29(30)31(32(33)36)25-13-16-28(17-14-25)39-22-26-12-10-11-24(3)34-26;1-7(4-6(10)11)3-2-5(8)9/h10-18,21,31-32,36H,6-9,19-20,22-23H2,1-5H3;2-4H2,1H3,(H,8,9)(H,10,11)/t31-,32-;/m1./s1. The van der Waals surface area contributed by atoms with Crippen LogP contribution in [0.5, 0.6) is 5.75 Å². The molecule has 12 heteroatoms. The summed E-state index contributed by atoms with van der Waals surface area (Å²) < 4.78 is 34.0. The molecular weight excluding hydrogens is 671 g/mol. The Morgan fingerprint density at radius 1 is 0.941 bits per heavy atom. The van der Waals surface area contributed by atoms with E-state index in [1.54, 1.807) is 13.1 Å². The SMILES string of the molecule is CCCCC1(CCCC)CS(=O)(=O)c2ccc(N(C)C)cc2[C@@H](c2ccc(OCc3cccc(C)n3)cc2)[C@H]1O.CN(CCC(=O)O)CC(=O)O. The van der Waals surface area contributed by atoms with Crippen molar-refractivity contribution in [2.75, 3.05) is 44.9 Å². The Bertz CT molecular complexity index is 1690. The number of rotatable bonds is 16. The largest absolute Gasteiger partial charge is 0.487 e. The van der Waals surface area contributed by atoms with Crippen LogP contribution in [0.25, 0.3) is 0 Å². The van der Waals surface area contributed by atoms with Gasteiger partial charge in [-0.15, -0.1) is 0 Å². The van der Waals surface area contributed by atoms with Crippen LogP contribution in [0.2, 0.25) is 0 Å². The number of ether oxygens (including phenoxy) is 1. The number of aliphatic hydroxyl groups excluding tert-OH is 1. The van der Waals surface area contributed by atoms with Gasteiger partial charge in [0.25, 0.3) is 0 Å². The number of aryl methyl sites for hydroxylation is 1. The van der Waals surface area contributed by atoms with Gasteiger partial charge in [-0.05, 0) is 80.4 Å². The molecule has 3 N–H and O–H groups in total. The summed E-state index contributed by atoms with van der Waals surface area (Å²) in [6.07, 6.45) is 4.14. The zero-order valence-electron chi connectivity index (χ0n) is 30.8. The number of anilines is 1. The Morgan fingerprint density at radius 3 is 2.14 bits per heavy atom. The number of hydrogen-bond donors (Lipinski definition) is 3. The first-order valence-electron chi connectivity index (χ1n) is 17.6. The quantitative estimate of drug-likeness (QED) is 0.155. The van der Waals surface area contributed by atoms with Crippen LogP contribution < -0.4 is 9.64 Å². The van der Waals surface area contributed by atoms with Crippen LogP contribution in [0.4, 0.5) is 5.69 Å². The van der Waals surface area contributed by atoms with E-state index in [0.29, 0.717) is 35.7 Å². The van der Waals surface area contributed by atoms with Gasteiger partial charge >= 0.3 is 11.9 Å². The van der Waals surface area contributed by atoms with Crippen LogP contribution in [0.3, 0.4) is 0 Å². The predicted molar refractivity (Wildman–Crippen MR) is 199 cm³/mol. The molecule has 11 nitrogen and oxygen atoms in total. The van der Waals surface area contributed by atoms with Crippen molar-refractivity contribution in [2.24, 2.45) is 5.41 Å². The summed E-state index contributed by atoms with van der Waals surface area (Å²) in [4.78, 5) is 28.3. The molecule has 3 aromatic rings. The molecule has 1 aliphatic rings. The number of unbranched alkanes of at least 4 members (excludes halogenated alkanes) is 2. The second kappa shape index (κ2) is 19.0. The minimum Gasteiger partial charge on any atom is -0.487 e. The van der Waals surface area contributed by atoms with Crippen LogP contribution >= 0.6 is 0 Å². The van der Waals surface area contributed by atoms with E-state index in [9.17, 15) is 23.1 Å². The average molecular weight is 726 g/mol. The zero-order chi connectivity index (χ0) is 37.8. The lowest BCUT2D eigenvalue weighted by Gasteiger charge is -2.40. The number of carboxylic acids is 2. The molecule has 2 heterocycles. The number of carbonyl (C=O) groups is 2. The van der Waals surface area contributed by atoms with E-state index >= 15 is 0 Å². The molecule has 0 amide bonds. The van der Waals surface area contributed by atoms with Crippen molar-refractivity contribution < 1.29 is 38.1 Å². The third kappa shape index (κ3) is 11.8. The summed E-state index contributed by atoms with van der Waals surface area (Å²) in [6.45, 7) is 6.70. The molecule has 2 aromatic carbocycles. The maximum Gasteiger partial charge on any atom is 0.317 e. The van der Waals surface area contributed by atoms with Crippen molar-refractivity contribution in [3.63, 3.8) is 0 Å². The van der Waals surface area contributed by atoms with Gasteiger partial charge in [0.15, 0.2) is 9.84 Å². The summed E-state index contributed by atoms with van der Waals surface area (Å²) in [7, 11) is 1.83. The fraction of sp³-hybridized carbons (Fsp3) is 0.513. The Kier molecular flexibility index (Phi) is 15.4. The highest BCUT2D eigenvalue weighted by molar-refractivity contribution is 7.91. The summed E-state index contributed by atoms with van der Waals surface area (Å²) in [5.41, 5.74) is 3.55. The summed E-state index contributed by atoms with van der Waals surface area (Å²) >= 11 is 0. The number of aliphatic carboxylic acids is 2. The number of fused-ring (bicyclic) bond motifs is 1. The Hall–Kier alpha value is -4.00. The molecular formula is C39H55N3O8S. The topological polar surface area (TPSA) is 158 Å². The molecule has 0 aliphatic carbocycles. The number of likely N-dealkylation sites (N-methyl/N-ethyl adjacent to an activating group) is 1. The molecule has 1 aromatic heterocycles. The number of nitrogens with zero attached hydrogens (tertiary/aromatic N) is 3. The molecule has 4 rings (SSSR count). The molecule has 0 saturated heterocycles. The molecule has 0 bridgehead atoms. The van der Waals surface area contributed by atoms with Gasteiger partial charge in [-0.3, -0.25) is 19.5 Å². The minimum atomic E-state index is -3.62. The van der Waals surface area contributed by atoms with Gasteiger partial charge < -0.3 is 25.0 Å². The lowest BCUT2D eigenvalue weighted by atomic mass is 9.68. The van der Waals surface area contributed by atoms with E-state index in [4.69, 9.17) is 14.9 Å². The van der Waals surface area contributed by atoms with E-state index in [2.05, 4.69) is 18.8 Å². The van der Waals surface area contributed by atoms with Crippen molar-refractivity contribution in [3.8, 4) is 5.75 Å². The summed E-state index contributed by atoms with van der Waals surface area (Å²) in [6, 6.07) is 19.2. The third-order valence-electron chi connectivity index (χ3n) is 9.34. The molecule has 0 saturated carbocycles. The van der Waals surface area contributed by atoms with E-state index < -0.39 is 39.2 Å². The fourth-order valence-corrected chi connectivity index (χ4v) is 8.79. The Morgan fingerprint density at radius 2 is 1.59 bits per heavy atom. The summed E-state index contributed by atoms with van der Waals surface area (Å²) in [5, 5.41) is 28.8. The van der Waals surface area contributed by atoms with Crippen molar-refractivity contribution >= 4 is 27.5 Å². The first-order valence-corrected chi connectivity index (χ1v) is 19.3. The lowest BCUT2D eigenvalue weighted by molar-refractivity contribution is -0.140. The van der Waals surface area contributed by atoms with Crippen LogP contribution in [-0.4, -0.2) is 91.6 Å². The normalized spacial score (nSPS) is 17.4. The summed E-state index contributed by atoms with van der Waals surface area (Å²) in [5.74, 6) is -1.67. The van der Waals surface area contributed by atoms with E-state index in [1.165, 1.54) is 4.90 Å². The van der Waals surface area contributed by atoms with Crippen molar-refractivity contribution in [1.29, 1.82) is 0 Å². The minimum absolute atomic E-state index is 0.0240. The van der Waals surface area contributed by atoms with Gasteiger partial charge in [0.1, 0.15) is 12.4 Å². The highest BCUT2D eigenvalue weighted by Crippen LogP contribution is 2.50. The van der Waals surface area contributed by atoms with Gasteiger partial charge in [-0.25, -0.2) is 8.42 Å². The van der Waals surface area contributed by atoms with E-state index in [0.717, 1.165) is 48.3 Å². The van der Waals surface area contributed by atoms with Gasteiger partial charge in [-0.2, -0.15) is 0 Å². The second-order valence-electron chi connectivity index (χ2n) is 13.8. The van der Waals surface area contributed by atoms with Crippen molar-refractivity contribution in [3.05, 3.63) is 83.2 Å². The molecule has 0 fully saturated rings. The molecule has 280 valence electrons. The van der Waals surface area contributed by atoms with Crippen LogP contribution in [0, 0.1) is 12.3 Å². The average Bonchev–Trinajstić information content (AvgIpc) is 3.14. The fourth-order valence-electron chi connectivity index (χ4n) is 6.60. The maximum atomic E-state index is 14.0. The number of hydrogen-bond acceptors (Lipinski definition) is 9. The Balaban J connectivity index is 0.000000551. The molecule has 2 atom stereocenters. The zero-order valence-corrected chi connectivity index (χ0v) is 31.7. The maximum absolute atomic E-state index is 14.0. The van der Waals surface area contributed by atoms with Gasteiger partial charge in [0.05, 0.1) is 35.4 Å². The first-order chi connectivity index (χ1) is 24.1. The van der Waals surface area contributed by atoms with Crippen molar-refractivity contribution in [2.45, 2.75) is 89.2 Å². The number of benzene rings is 2. The van der Waals surface area contributed by atoms with Crippen molar-refractivity contribution in [1.82, 2.24) is 9.88 Å². The molecule has 0 radical (unpaired) electrons. The highest BCUT2D eigenvalue weighted by Gasteiger charge is 2.49. The van der Waals surface area contributed by atoms with Gasteiger partial charge in [0, 0.05) is 43.4 Å². The van der Waals surface area contributed by atoms with Crippen LogP contribution in [0.1, 0.15) is 87.2 Å². The number of sulfone groups is 1. The predicted octanol–water partition coefficient (Wildman–Crippen LogP) is 6.16. The molecule has 51 heavy (non-hydrogen) atoms. The molecule has 0 spiro atoms. The molecule has 1 aliphatic heterocycles. The lowest BCUT2D eigenvalue weighted by Crippen LogP contribution is -2.43. The third-order valence-corrected chi connectivity index (χ3v) is 11.3. The highest BCUT2D eigenvalue weighted by atomic mass is 32.2. The molecule has 0 unspecified atom stereocenters. The van der Waals surface area contributed by atoms with Gasteiger partial charge in [-0.1, -0.05) is 57.7 Å². The monoisotopic (exact) mass is 725 g/mol. The van der Waals surface area contributed by atoms with Crippen LogP contribution in [-0.2, 0) is 26.0 Å². The number of pyridine rings is 1. The number of aliphatic hydroxyl groups is 1. The second-order valence-corrected chi connectivity index (χ2v) is 15.7. The van der Waals surface area contributed by atoms with E-state index in [1.807, 2.05) is 80.5 Å².